The number of hydrogen-bond donors (Lipinski definition) is 1. The van der Waals surface area contributed by atoms with Crippen LogP contribution in [0.5, 0.6) is 0 Å². The molecule has 0 aliphatic rings. The van der Waals surface area contributed by atoms with Gasteiger partial charge in [0.05, 0.1) is 17.8 Å². The van der Waals surface area contributed by atoms with Gasteiger partial charge < -0.3 is 5.73 Å². The number of hydrogen-bond acceptors (Lipinski definition) is 2. The molecule has 0 radical (unpaired) electrons. The SMILES string of the molecule is Cc1cnc(CC(F)(F)F)c(N)c1. The van der Waals surface area contributed by atoms with Crippen LogP contribution in [0.4, 0.5) is 18.9 Å². The lowest BCUT2D eigenvalue weighted by atomic mass is 10.2. The van der Waals surface area contributed by atoms with Crippen molar-refractivity contribution in [2.24, 2.45) is 0 Å². The van der Waals surface area contributed by atoms with Gasteiger partial charge in [-0.25, -0.2) is 0 Å². The summed E-state index contributed by atoms with van der Waals surface area (Å²) >= 11 is 0. The average Bonchev–Trinajstić information content (AvgIpc) is 1.93. The van der Waals surface area contributed by atoms with E-state index in [9.17, 15) is 13.2 Å². The van der Waals surface area contributed by atoms with E-state index < -0.39 is 12.6 Å². The van der Waals surface area contributed by atoms with E-state index in [1.54, 1.807) is 6.92 Å². The zero-order chi connectivity index (χ0) is 10.1. The Morgan fingerprint density at radius 2 is 2.08 bits per heavy atom. The molecule has 2 N–H and O–H groups in total. The lowest BCUT2D eigenvalue weighted by Crippen LogP contribution is -2.14. The highest BCUT2D eigenvalue weighted by Gasteiger charge is 2.29. The van der Waals surface area contributed by atoms with Gasteiger partial charge in [-0.05, 0) is 18.6 Å². The van der Waals surface area contributed by atoms with Gasteiger partial charge in [0, 0.05) is 6.20 Å². The van der Waals surface area contributed by atoms with Crippen molar-refractivity contribution in [1.82, 2.24) is 4.98 Å². The number of alkyl halides is 3. The summed E-state index contributed by atoms with van der Waals surface area (Å²) in [7, 11) is 0. The van der Waals surface area contributed by atoms with E-state index in [4.69, 9.17) is 5.73 Å². The maximum Gasteiger partial charge on any atom is 0.394 e. The van der Waals surface area contributed by atoms with Crippen LogP contribution in [-0.4, -0.2) is 11.2 Å². The van der Waals surface area contributed by atoms with Crippen molar-refractivity contribution in [2.45, 2.75) is 19.5 Å². The lowest BCUT2D eigenvalue weighted by Gasteiger charge is -2.08. The summed E-state index contributed by atoms with van der Waals surface area (Å²) in [5, 5.41) is 0. The molecule has 0 aliphatic heterocycles. The third-order valence-electron chi connectivity index (χ3n) is 1.51. The molecular weight excluding hydrogens is 181 g/mol. The molecule has 0 saturated heterocycles. The quantitative estimate of drug-likeness (QED) is 0.736. The maximum absolute atomic E-state index is 11.9. The zero-order valence-electron chi connectivity index (χ0n) is 7.02. The molecule has 0 aromatic carbocycles. The largest absolute Gasteiger partial charge is 0.397 e. The van der Waals surface area contributed by atoms with Gasteiger partial charge in [0.1, 0.15) is 0 Å². The molecule has 1 aromatic rings. The summed E-state index contributed by atoms with van der Waals surface area (Å²) in [5.74, 6) is 0. The molecule has 0 atom stereocenters. The molecule has 0 aliphatic carbocycles. The van der Waals surface area contributed by atoms with Crippen molar-refractivity contribution < 1.29 is 13.2 Å². The van der Waals surface area contributed by atoms with Gasteiger partial charge in [-0.2, -0.15) is 13.2 Å². The second-order valence-corrected chi connectivity index (χ2v) is 2.84. The van der Waals surface area contributed by atoms with E-state index >= 15 is 0 Å². The van der Waals surface area contributed by atoms with Gasteiger partial charge in [-0.1, -0.05) is 0 Å². The van der Waals surface area contributed by atoms with E-state index in [0.717, 1.165) is 5.56 Å². The molecule has 1 heterocycles. The van der Waals surface area contributed by atoms with E-state index in [0.29, 0.717) is 0 Å². The Balaban J connectivity index is 2.90. The fourth-order valence-electron chi connectivity index (χ4n) is 0.958. The van der Waals surface area contributed by atoms with Crippen LogP contribution in [0.3, 0.4) is 0 Å². The van der Waals surface area contributed by atoms with Gasteiger partial charge in [0.25, 0.3) is 0 Å². The minimum atomic E-state index is -4.25. The second kappa shape index (κ2) is 3.24. The molecule has 13 heavy (non-hydrogen) atoms. The molecule has 72 valence electrons. The summed E-state index contributed by atoms with van der Waals surface area (Å²) in [6, 6.07) is 1.48. The van der Waals surface area contributed by atoms with Crippen LogP contribution in [0.1, 0.15) is 11.3 Å². The van der Waals surface area contributed by atoms with Crippen molar-refractivity contribution in [3.8, 4) is 0 Å². The van der Waals surface area contributed by atoms with Crippen molar-refractivity contribution in [3.05, 3.63) is 23.5 Å². The second-order valence-electron chi connectivity index (χ2n) is 2.84. The van der Waals surface area contributed by atoms with Crippen LogP contribution in [-0.2, 0) is 6.42 Å². The standard InChI is InChI=1S/C8H9F3N2/c1-5-2-6(12)7(13-4-5)3-8(9,10)11/h2,4H,3,12H2,1H3. The summed E-state index contributed by atoms with van der Waals surface area (Å²) < 4.78 is 35.8. The minimum absolute atomic E-state index is 0.0947. The molecule has 5 heteroatoms. The van der Waals surface area contributed by atoms with Crippen LogP contribution >= 0.6 is 0 Å². The summed E-state index contributed by atoms with van der Waals surface area (Å²) in [6.45, 7) is 1.72. The molecule has 0 amide bonds. The van der Waals surface area contributed by atoms with Crippen LogP contribution in [0.25, 0.3) is 0 Å². The Morgan fingerprint density at radius 3 is 2.54 bits per heavy atom. The van der Waals surface area contributed by atoms with E-state index in [2.05, 4.69) is 4.98 Å². The predicted molar refractivity (Wildman–Crippen MR) is 43.1 cm³/mol. The predicted octanol–water partition coefficient (Wildman–Crippen LogP) is 2.08. The first-order chi connectivity index (χ1) is 5.88. The van der Waals surface area contributed by atoms with Crippen LogP contribution < -0.4 is 5.73 Å². The third-order valence-corrected chi connectivity index (χ3v) is 1.51. The van der Waals surface area contributed by atoms with Crippen LogP contribution in [0, 0.1) is 6.92 Å². The van der Waals surface area contributed by atoms with E-state index in [1.165, 1.54) is 12.3 Å². The first-order valence-electron chi connectivity index (χ1n) is 3.66. The minimum Gasteiger partial charge on any atom is -0.397 e. The van der Waals surface area contributed by atoms with Gasteiger partial charge in [0.2, 0.25) is 0 Å². The number of aromatic nitrogens is 1. The highest BCUT2D eigenvalue weighted by molar-refractivity contribution is 5.44. The van der Waals surface area contributed by atoms with Crippen molar-refractivity contribution >= 4 is 5.69 Å². The molecule has 0 fully saturated rings. The number of halogens is 3. The molecule has 1 aromatic heterocycles. The number of aryl methyl sites for hydroxylation is 1. The number of nitrogens with zero attached hydrogens (tertiary/aromatic N) is 1. The van der Waals surface area contributed by atoms with Crippen molar-refractivity contribution in [3.63, 3.8) is 0 Å². The topological polar surface area (TPSA) is 38.9 Å². The number of nitrogens with two attached hydrogens (primary N) is 1. The smallest absolute Gasteiger partial charge is 0.394 e. The van der Waals surface area contributed by atoms with Crippen LogP contribution in [0.15, 0.2) is 12.3 Å². The van der Waals surface area contributed by atoms with E-state index in [-0.39, 0.29) is 11.4 Å². The number of anilines is 1. The zero-order valence-corrected chi connectivity index (χ0v) is 7.02. The van der Waals surface area contributed by atoms with Crippen molar-refractivity contribution in [1.29, 1.82) is 0 Å². The van der Waals surface area contributed by atoms with Gasteiger partial charge in [-0.15, -0.1) is 0 Å². The lowest BCUT2D eigenvalue weighted by molar-refractivity contribution is -0.127. The molecule has 0 spiro atoms. The number of rotatable bonds is 1. The number of pyridine rings is 1. The summed E-state index contributed by atoms with van der Waals surface area (Å²) in [5.41, 5.74) is 6.10. The van der Waals surface area contributed by atoms with Gasteiger partial charge in [0.15, 0.2) is 0 Å². The van der Waals surface area contributed by atoms with Crippen molar-refractivity contribution in [2.75, 3.05) is 5.73 Å². The maximum atomic E-state index is 11.9. The Labute approximate surface area is 73.6 Å². The Hall–Kier alpha value is -1.26. The average molecular weight is 190 g/mol. The Morgan fingerprint density at radius 1 is 1.46 bits per heavy atom. The molecule has 0 bridgehead atoms. The molecular formula is C8H9F3N2. The molecule has 1 rings (SSSR count). The van der Waals surface area contributed by atoms with Gasteiger partial charge >= 0.3 is 6.18 Å². The first-order valence-corrected chi connectivity index (χ1v) is 3.66. The highest BCUT2D eigenvalue weighted by Crippen LogP contribution is 2.23. The first kappa shape index (κ1) is 9.83. The molecule has 0 saturated carbocycles. The van der Waals surface area contributed by atoms with Gasteiger partial charge in [-0.3, -0.25) is 4.98 Å². The van der Waals surface area contributed by atoms with Crippen LogP contribution in [0.2, 0.25) is 0 Å². The highest BCUT2D eigenvalue weighted by atomic mass is 19.4. The summed E-state index contributed by atoms with van der Waals surface area (Å²) in [4.78, 5) is 3.62. The number of nitrogen functional groups attached to an aromatic ring is 1. The molecule has 2 nitrogen and oxygen atoms in total. The molecule has 0 unspecified atom stereocenters. The fourth-order valence-corrected chi connectivity index (χ4v) is 0.958. The fraction of sp³-hybridized carbons (Fsp3) is 0.375. The monoisotopic (exact) mass is 190 g/mol. The summed E-state index contributed by atoms with van der Waals surface area (Å²) in [6.07, 6.45) is -3.95. The Kier molecular flexibility index (Phi) is 2.45. The third kappa shape index (κ3) is 2.93. The van der Waals surface area contributed by atoms with E-state index in [1.807, 2.05) is 0 Å². The Bertz CT molecular complexity index is 307. The normalized spacial score (nSPS) is 11.7.